The topological polar surface area (TPSA) is 176 Å². The third-order valence-electron chi connectivity index (χ3n) is 11.3. The van der Waals surface area contributed by atoms with Crippen LogP contribution in [0.15, 0.2) is 29.3 Å². The number of carboxylic acids is 1. The number of nitrogens with one attached hydrogen (secondary N) is 3. The molecule has 11 nitrogen and oxygen atoms in total. The Morgan fingerprint density at radius 3 is 2.66 bits per heavy atom. The van der Waals surface area contributed by atoms with Crippen LogP contribution in [0, 0.1) is 5.92 Å². The van der Waals surface area contributed by atoms with E-state index in [0.29, 0.717) is 32.4 Å². The van der Waals surface area contributed by atoms with Gasteiger partial charge < -0.3 is 36.8 Å². The van der Waals surface area contributed by atoms with Gasteiger partial charge in [0.15, 0.2) is 0 Å². The lowest BCUT2D eigenvalue weighted by atomic mass is 9.80. The maximum absolute atomic E-state index is 11.9. The number of hydrogen-bond acceptors (Lipinski definition) is 10. The van der Waals surface area contributed by atoms with Crippen LogP contribution in [0.4, 0.5) is 0 Å². The minimum absolute atomic E-state index is 0.0349. The molecule has 4 bridgehead atoms. The molecule has 0 aromatic heterocycles. The lowest BCUT2D eigenvalue weighted by Gasteiger charge is -2.44. The van der Waals surface area contributed by atoms with Crippen LogP contribution in [0.2, 0.25) is 0 Å². The Bertz CT molecular complexity index is 1200. The van der Waals surface area contributed by atoms with Gasteiger partial charge in [-0.1, -0.05) is 49.9 Å². The Morgan fingerprint density at radius 1 is 1.15 bits per heavy atom. The summed E-state index contributed by atoms with van der Waals surface area (Å²) in [5.74, 6) is -0.921. The number of fused-ring (bicyclic) bond motifs is 4. The fourth-order valence-electron chi connectivity index (χ4n) is 8.70. The highest BCUT2D eigenvalue weighted by Gasteiger charge is 2.40. The number of aliphatic hydroxyl groups excluding tert-OH is 2. The zero-order chi connectivity index (χ0) is 33.6. The average molecular weight is 657 g/mol. The molecule has 10 unspecified atom stereocenters. The molecule has 5 rings (SSSR count). The first kappa shape index (κ1) is 36.3. The predicted molar refractivity (Wildman–Crippen MR) is 184 cm³/mol. The van der Waals surface area contributed by atoms with Gasteiger partial charge in [0.05, 0.1) is 37.1 Å². The summed E-state index contributed by atoms with van der Waals surface area (Å²) in [4.78, 5) is 18.5. The van der Waals surface area contributed by atoms with Crippen molar-refractivity contribution in [2.75, 3.05) is 19.8 Å². The number of nitrogens with two attached hydrogens (primary N) is 1. The molecule has 4 aliphatic heterocycles. The van der Waals surface area contributed by atoms with E-state index in [-0.39, 0.29) is 54.8 Å². The molecular formula is C36H60N6O5. The van der Waals surface area contributed by atoms with E-state index in [9.17, 15) is 25.2 Å². The minimum Gasteiger partial charge on any atom is -0.481 e. The number of carbonyl (C=O) groups is 1. The summed E-state index contributed by atoms with van der Waals surface area (Å²) in [6.45, 7) is 5.77. The number of aliphatic carboxylic acids is 1. The van der Waals surface area contributed by atoms with E-state index in [1.54, 1.807) is 0 Å². The molecule has 1 aromatic rings. The fraction of sp³-hybridized carbons (Fsp3) is 0.778. The third kappa shape index (κ3) is 10.3. The molecule has 47 heavy (non-hydrogen) atoms. The Balaban J connectivity index is 1.34. The maximum atomic E-state index is 11.9. The molecule has 11 heteroatoms. The van der Waals surface area contributed by atoms with Crippen LogP contribution in [0.1, 0.15) is 95.6 Å². The van der Waals surface area contributed by atoms with E-state index < -0.39 is 23.8 Å². The highest BCUT2D eigenvalue weighted by atomic mass is 16.4. The SMILES string of the molecule is CC1NC(CC(O)C2CCCCCCC(O)(CC(=O)O)CNC3(C)CC(N)NC(Cc4cccc(c4)C2)C3)C(N2CC=NC2)CC1O. The van der Waals surface area contributed by atoms with Crippen LogP contribution < -0.4 is 21.7 Å². The molecule has 0 radical (unpaired) electrons. The summed E-state index contributed by atoms with van der Waals surface area (Å²) in [6.07, 6.45) is 9.71. The molecule has 4 heterocycles. The van der Waals surface area contributed by atoms with Gasteiger partial charge in [0.2, 0.25) is 0 Å². The molecule has 0 spiro atoms. The highest BCUT2D eigenvalue weighted by molar-refractivity contribution is 5.68. The van der Waals surface area contributed by atoms with Crippen molar-refractivity contribution < 1.29 is 25.2 Å². The lowest BCUT2D eigenvalue weighted by molar-refractivity contribution is -0.143. The molecule has 1 aromatic carbocycles. The summed E-state index contributed by atoms with van der Waals surface area (Å²) < 4.78 is 0. The zero-order valence-corrected chi connectivity index (χ0v) is 28.5. The van der Waals surface area contributed by atoms with Crippen LogP contribution in [0.5, 0.6) is 0 Å². The first-order valence-corrected chi connectivity index (χ1v) is 18.0. The molecule has 264 valence electrons. The van der Waals surface area contributed by atoms with Crippen LogP contribution in [0.3, 0.4) is 0 Å². The molecule has 0 aliphatic carbocycles. The maximum Gasteiger partial charge on any atom is 0.306 e. The van der Waals surface area contributed by atoms with Crippen LogP contribution in [0.25, 0.3) is 0 Å². The van der Waals surface area contributed by atoms with E-state index in [0.717, 1.165) is 57.9 Å². The third-order valence-corrected chi connectivity index (χ3v) is 11.3. The van der Waals surface area contributed by atoms with Gasteiger partial charge in [-0.05, 0) is 82.3 Å². The monoisotopic (exact) mass is 656 g/mol. The van der Waals surface area contributed by atoms with Crippen molar-refractivity contribution in [2.24, 2.45) is 16.6 Å². The van der Waals surface area contributed by atoms with Crippen molar-refractivity contribution in [2.45, 2.75) is 151 Å². The molecule has 2 saturated heterocycles. The predicted octanol–water partition coefficient (Wildman–Crippen LogP) is 1.91. The second kappa shape index (κ2) is 16.2. The Labute approximate surface area is 280 Å². The van der Waals surface area contributed by atoms with Gasteiger partial charge >= 0.3 is 5.97 Å². The highest BCUT2D eigenvalue weighted by Crippen LogP contribution is 2.31. The summed E-state index contributed by atoms with van der Waals surface area (Å²) in [5.41, 5.74) is 7.28. The smallest absolute Gasteiger partial charge is 0.306 e. The molecular weight excluding hydrogens is 596 g/mol. The van der Waals surface area contributed by atoms with Crippen LogP contribution >= 0.6 is 0 Å². The first-order chi connectivity index (χ1) is 22.4. The van der Waals surface area contributed by atoms with E-state index >= 15 is 0 Å². The Morgan fingerprint density at radius 2 is 1.91 bits per heavy atom. The van der Waals surface area contributed by atoms with Crippen molar-refractivity contribution >= 4 is 12.2 Å². The van der Waals surface area contributed by atoms with Gasteiger partial charge in [-0.25, -0.2) is 0 Å². The molecule has 2 fully saturated rings. The van der Waals surface area contributed by atoms with Gasteiger partial charge in [-0.2, -0.15) is 0 Å². The summed E-state index contributed by atoms with van der Waals surface area (Å²) in [5, 5.41) is 54.4. The number of rotatable bonds is 6. The van der Waals surface area contributed by atoms with Crippen molar-refractivity contribution in [3.63, 3.8) is 0 Å². The largest absolute Gasteiger partial charge is 0.481 e. The Hall–Kier alpha value is -1.96. The lowest BCUT2D eigenvalue weighted by Crippen LogP contribution is -2.63. The standard InChI is InChI=1S/C36H60N6O5/c1-24-31(43)18-30(42-13-12-38-23-42)29(40-24)17-32(44)27-10-5-3-4-6-11-36(47,21-34(45)46)22-39-35(2)19-28(41-33(37)20-35)16-26-9-7-8-25(14-26)15-27/h7-9,12,14,24,27-33,39-41,43-44,47H,3-6,10-11,13,15-23,37H2,1-2H3,(H,45,46). The van der Waals surface area contributed by atoms with Crippen molar-refractivity contribution in [3.8, 4) is 0 Å². The molecule has 4 aliphatic rings. The Kier molecular flexibility index (Phi) is 12.5. The average Bonchev–Trinajstić information content (AvgIpc) is 3.53. The number of aliphatic hydroxyl groups is 3. The van der Waals surface area contributed by atoms with E-state index in [1.807, 2.05) is 13.1 Å². The number of nitrogens with zero attached hydrogens (tertiary/aromatic N) is 2. The quantitative estimate of drug-likeness (QED) is 0.226. The van der Waals surface area contributed by atoms with E-state index in [4.69, 9.17) is 5.73 Å². The van der Waals surface area contributed by atoms with Gasteiger partial charge in [0.25, 0.3) is 0 Å². The summed E-state index contributed by atoms with van der Waals surface area (Å²) >= 11 is 0. The van der Waals surface area contributed by atoms with Gasteiger partial charge in [0.1, 0.15) is 0 Å². The summed E-state index contributed by atoms with van der Waals surface area (Å²) in [6, 6.07) is 9.00. The first-order valence-electron chi connectivity index (χ1n) is 18.0. The van der Waals surface area contributed by atoms with Crippen molar-refractivity contribution in [1.82, 2.24) is 20.9 Å². The van der Waals surface area contributed by atoms with Crippen molar-refractivity contribution in [3.05, 3.63) is 35.4 Å². The second-order valence-electron chi connectivity index (χ2n) is 15.5. The van der Waals surface area contributed by atoms with E-state index in [2.05, 4.69) is 57.0 Å². The fourth-order valence-corrected chi connectivity index (χ4v) is 8.70. The van der Waals surface area contributed by atoms with Gasteiger partial charge in [-0.3, -0.25) is 20.0 Å². The number of piperidine rings is 2. The molecule has 0 saturated carbocycles. The van der Waals surface area contributed by atoms with Gasteiger partial charge in [-0.15, -0.1) is 0 Å². The van der Waals surface area contributed by atoms with E-state index in [1.165, 1.54) is 11.1 Å². The van der Waals surface area contributed by atoms with Crippen LogP contribution in [-0.4, -0.2) is 111 Å². The number of aliphatic imine (C=N–C) groups is 1. The van der Waals surface area contributed by atoms with Crippen LogP contribution in [-0.2, 0) is 17.6 Å². The summed E-state index contributed by atoms with van der Waals surface area (Å²) in [7, 11) is 0. The number of hydrogen-bond donors (Lipinski definition) is 8. The number of benzene rings is 1. The zero-order valence-electron chi connectivity index (χ0n) is 28.5. The molecule has 0 amide bonds. The molecule has 9 N–H and O–H groups in total. The normalized spacial score (nSPS) is 38.7. The number of carboxylic acid groups (broad SMARTS) is 1. The minimum atomic E-state index is -1.33. The molecule has 10 atom stereocenters. The number of β-amino-alcohol motifs (C(OH)–C–C–N with tert-alkyl or cyclic N) is 1. The second-order valence-corrected chi connectivity index (χ2v) is 15.5. The van der Waals surface area contributed by atoms with Crippen molar-refractivity contribution in [1.29, 1.82) is 0 Å². The van der Waals surface area contributed by atoms with Gasteiger partial charge in [0, 0.05) is 49.0 Å².